The van der Waals surface area contributed by atoms with Crippen LogP contribution in [0.15, 0.2) is 0 Å². The molecule has 4 atom stereocenters. The zero-order valence-electron chi connectivity index (χ0n) is 21.1. The predicted octanol–water partition coefficient (Wildman–Crippen LogP) is -1.24. The molecule has 4 amide bonds. The van der Waals surface area contributed by atoms with Crippen LogP contribution in [0.25, 0.3) is 0 Å². The van der Waals surface area contributed by atoms with E-state index in [9.17, 15) is 28.8 Å². The smallest absolute Gasteiger partial charge is 0.328 e. The lowest BCUT2D eigenvalue weighted by Gasteiger charge is -2.24. The molecule has 0 saturated carbocycles. The number of unbranched alkanes of at least 4 members (excludes halogenated alkanes) is 1. The number of amides is 4. The average molecular weight is 502 g/mol. The van der Waals surface area contributed by atoms with Gasteiger partial charge in [0.25, 0.3) is 5.91 Å². The summed E-state index contributed by atoms with van der Waals surface area (Å²) in [6.45, 7) is 7.98. The summed E-state index contributed by atoms with van der Waals surface area (Å²) >= 11 is 0. The minimum atomic E-state index is -1.40. The van der Waals surface area contributed by atoms with Gasteiger partial charge in [0.1, 0.15) is 18.1 Å². The highest BCUT2D eigenvalue weighted by molar-refractivity contribution is 5.96. The summed E-state index contributed by atoms with van der Waals surface area (Å²) in [5.41, 5.74) is 10.7. The van der Waals surface area contributed by atoms with Crippen LogP contribution in [0.2, 0.25) is 0 Å². The maximum absolute atomic E-state index is 12.8. The summed E-state index contributed by atoms with van der Waals surface area (Å²) in [5, 5.41) is 7.21. The van der Waals surface area contributed by atoms with Gasteiger partial charge < -0.3 is 36.9 Å². The van der Waals surface area contributed by atoms with E-state index in [1.165, 1.54) is 13.8 Å². The van der Waals surface area contributed by atoms with Crippen LogP contribution in [0.5, 0.6) is 0 Å². The molecule has 0 aromatic rings. The van der Waals surface area contributed by atoms with Gasteiger partial charge in [0.2, 0.25) is 17.7 Å². The quantitative estimate of drug-likeness (QED) is 0.126. The average Bonchev–Trinajstić information content (AvgIpc) is 2.76. The molecule has 7 N–H and O–H groups in total. The van der Waals surface area contributed by atoms with E-state index in [4.69, 9.17) is 20.9 Å². The number of nitrogens with one attached hydrogen (secondary N) is 3. The van der Waals surface area contributed by atoms with Gasteiger partial charge in [-0.3, -0.25) is 24.0 Å². The van der Waals surface area contributed by atoms with Gasteiger partial charge in [-0.25, -0.2) is 4.79 Å². The fourth-order valence-corrected chi connectivity index (χ4v) is 2.77. The number of carbonyl (C=O) groups excluding carboxylic acids is 6. The molecule has 13 heteroatoms. The molecule has 0 radical (unpaired) electrons. The molecule has 0 spiro atoms. The van der Waals surface area contributed by atoms with Crippen molar-refractivity contribution < 1.29 is 38.2 Å². The van der Waals surface area contributed by atoms with Crippen LogP contribution in [0.4, 0.5) is 0 Å². The number of rotatable bonds is 16. The van der Waals surface area contributed by atoms with E-state index >= 15 is 0 Å². The normalized spacial score (nSPS) is 14.1. The van der Waals surface area contributed by atoms with Crippen molar-refractivity contribution in [3.63, 3.8) is 0 Å². The number of primary amides is 1. The van der Waals surface area contributed by atoms with E-state index in [1.54, 1.807) is 20.8 Å². The third-order valence-corrected chi connectivity index (χ3v) is 4.66. The van der Waals surface area contributed by atoms with E-state index in [-0.39, 0.29) is 12.8 Å². The molecule has 0 heterocycles. The molecular weight excluding hydrogens is 462 g/mol. The van der Waals surface area contributed by atoms with Crippen LogP contribution in [0.3, 0.4) is 0 Å². The fraction of sp³-hybridized carbons (Fsp3) is 0.727. The zero-order chi connectivity index (χ0) is 27.1. The number of hydrogen-bond donors (Lipinski definition) is 5. The summed E-state index contributed by atoms with van der Waals surface area (Å²) < 4.78 is 10.1. The van der Waals surface area contributed by atoms with Crippen LogP contribution in [0.1, 0.15) is 66.7 Å². The van der Waals surface area contributed by atoms with E-state index in [1.807, 2.05) is 0 Å². The van der Waals surface area contributed by atoms with Crippen LogP contribution in [-0.2, 0) is 38.2 Å². The van der Waals surface area contributed by atoms with Crippen LogP contribution in [-0.4, -0.2) is 72.4 Å². The Morgan fingerprint density at radius 3 is 1.91 bits per heavy atom. The van der Waals surface area contributed by atoms with Crippen LogP contribution >= 0.6 is 0 Å². The lowest BCUT2D eigenvalue weighted by molar-refractivity contribution is -0.154. The first kappa shape index (κ1) is 31.8. The van der Waals surface area contributed by atoms with Crippen LogP contribution in [0, 0.1) is 0 Å². The Balaban J connectivity index is 5.30. The minimum absolute atomic E-state index is 0.0789. The monoisotopic (exact) mass is 501 g/mol. The number of nitrogens with two attached hydrogens (primary N) is 2. The van der Waals surface area contributed by atoms with Crippen molar-refractivity contribution in [1.29, 1.82) is 0 Å². The molecule has 0 fully saturated rings. The van der Waals surface area contributed by atoms with Gasteiger partial charge in [-0.15, -0.1) is 0 Å². The third-order valence-electron chi connectivity index (χ3n) is 4.66. The lowest BCUT2D eigenvalue weighted by atomic mass is 10.1. The first-order chi connectivity index (χ1) is 16.3. The first-order valence-electron chi connectivity index (χ1n) is 11.6. The maximum atomic E-state index is 12.8. The highest BCUT2D eigenvalue weighted by Crippen LogP contribution is 2.06. The molecule has 200 valence electrons. The Kier molecular flexibility index (Phi) is 14.9. The van der Waals surface area contributed by atoms with E-state index in [0.29, 0.717) is 19.4 Å². The molecule has 0 rings (SSSR count). The summed E-state index contributed by atoms with van der Waals surface area (Å²) in [4.78, 5) is 72.8. The molecule has 0 saturated heterocycles. The summed E-state index contributed by atoms with van der Waals surface area (Å²) in [7, 11) is 0. The van der Waals surface area contributed by atoms with Crippen molar-refractivity contribution in [2.24, 2.45) is 11.5 Å². The molecule has 13 nitrogen and oxygen atoms in total. The largest absolute Gasteiger partial charge is 0.461 e. The highest BCUT2D eigenvalue weighted by atomic mass is 16.5. The van der Waals surface area contributed by atoms with Gasteiger partial charge in [0, 0.05) is 6.42 Å². The van der Waals surface area contributed by atoms with Crippen molar-refractivity contribution in [3.05, 3.63) is 0 Å². The Bertz CT molecular complexity index is 758. The maximum Gasteiger partial charge on any atom is 0.328 e. The standard InChI is InChI=1S/C22H39N5O8/c1-6-18(29)35-14(5)20(31)25-13(4)19(30)27-16(11-17(24)28)21(32)26-15(9-7-8-10-23)22(33)34-12(2)3/h12-16H,6-11,23H2,1-5H3,(H2,24,28)(H,25,31)(H,26,32)(H,27,30). The van der Waals surface area contributed by atoms with E-state index in [0.717, 1.165) is 0 Å². The number of esters is 2. The second kappa shape index (κ2) is 16.4. The van der Waals surface area contributed by atoms with Crippen molar-refractivity contribution in [1.82, 2.24) is 16.0 Å². The Hall–Kier alpha value is -3.22. The molecule has 0 aliphatic heterocycles. The molecule has 35 heavy (non-hydrogen) atoms. The van der Waals surface area contributed by atoms with Crippen molar-refractivity contribution in [2.75, 3.05) is 6.54 Å². The fourth-order valence-electron chi connectivity index (χ4n) is 2.77. The van der Waals surface area contributed by atoms with Crippen LogP contribution < -0.4 is 27.4 Å². The van der Waals surface area contributed by atoms with Crippen molar-refractivity contribution in [3.8, 4) is 0 Å². The Morgan fingerprint density at radius 1 is 0.800 bits per heavy atom. The SMILES string of the molecule is CCC(=O)OC(C)C(=O)NC(C)C(=O)NC(CC(N)=O)C(=O)NC(CCCCN)C(=O)OC(C)C. The summed E-state index contributed by atoms with van der Waals surface area (Å²) in [5.74, 6) is -4.45. The van der Waals surface area contributed by atoms with Gasteiger partial charge in [-0.1, -0.05) is 6.92 Å². The van der Waals surface area contributed by atoms with Gasteiger partial charge in [0.15, 0.2) is 6.10 Å². The van der Waals surface area contributed by atoms with E-state index in [2.05, 4.69) is 16.0 Å². The van der Waals surface area contributed by atoms with Gasteiger partial charge >= 0.3 is 11.9 Å². The number of hydrogen-bond acceptors (Lipinski definition) is 9. The summed E-state index contributed by atoms with van der Waals surface area (Å²) in [6, 6.07) is -3.56. The zero-order valence-corrected chi connectivity index (χ0v) is 21.1. The molecule has 0 aliphatic rings. The third kappa shape index (κ3) is 13.3. The topological polar surface area (TPSA) is 209 Å². The van der Waals surface area contributed by atoms with E-state index < -0.39 is 72.3 Å². The lowest BCUT2D eigenvalue weighted by Crippen LogP contribution is -2.56. The van der Waals surface area contributed by atoms with Crippen molar-refractivity contribution in [2.45, 2.75) is 97.1 Å². The number of carbonyl (C=O) groups is 6. The molecule has 0 aromatic heterocycles. The molecular formula is C22H39N5O8. The molecule has 0 aromatic carbocycles. The first-order valence-corrected chi connectivity index (χ1v) is 11.6. The molecule has 4 unspecified atom stereocenters. The highest BCUT2D eigenvalue weighted by Gasteiger charge is 2.30. The molecule has 0 aliphatic carbocycles. The van der Waals surface area contributed by atoms with Gasteiger partial charge in [-0.2, -0.15) is 0 Å². The van der Waals surface area contributed by atoms with Gasteiger partial charge in [-0.05, 0) is 53.5 Å². The van der Waals surface area contributed by atoms with Gasteiger partial charge in [0.05, 0.1) is 12.5 Å². The number of ether oxygens (including phenoxy) is 2. The predicted molar refractivity (Wildman–Crippen MR) is 125 cm³/mol. The second-order valence-electron chi connectivity index (χ2n) is 8.28. The minimum Gasteiger partial charge on any atom is -0.461 e. The Labute approximate surface area is 205 Å². The second-order valence-corrected chi connectivity index (χ2v) is 8.28. The van der Waals surface area contributed by atoms with Crippen molar-refractivity contribution >= 4 is 35.6 Å². The molecule has 0 bridgehead atoms. The Morgan fingerprint density at radius 2 is 1.40 bits per heavy atom. The summed E-state index contributed by atoms with van der Waals surface area (Å²) in [6.07, 6.45) is -0.624.